The van der Waals surface area contributed by atoms with E-state index in [1.54, 1.807) is 46.5 Å². The smallest absolute Gasteiger partial charge is 0.274 e. The van der Waals surface area contributed by atoms with Crippen LogP contribution in [0.5, 0.6) is 0 Å². The number of hydrogen-bond acceptors (Lipinski definition) is 4. The fraction of sp³-hybridized carbons (Fsp3) is 0.250. The van der Waals surface area contributed by atoms with Gasteiger partial charge in [0, 0.05) is 30.4 Å². The number of nitrogens with zero attached hydrogens (tertiary/aromatic N) is 2. The van der Waals surface area contributed by atoms with Crippen molar-refractivity contribution in [3.8, 4) is 0 Å². The number of amides is 2. The van der Waals surface area contributed by atoms with Crippen LogP contribution in [0.1, 0.15) is 50.7 Å². The second kappa shape index (κ2) is 7.61. The molecule has 2 heterocycles. The minimum atomic E-state index is -0.523. The van der Waals surface area contributed by atoms with Crippen LogP contribution in [-0.4, -0.2) is 33.0 Å². The monoisotopic (exact) mass is 398 g/mol. The van der Waals surface area contributed by atoms with Gasteiger partial charge in [0.05, 0.1) is 5.02 Å². The summed E-state index contributed by atoms with van der Waals surface area (Å²) in [5.74, 6) is -0.584. The van der Waals surface area contributed by atoms with Gasteiger partial charge in [-0.15, -0.1) is 0 Å². The molecule has 28 heavy (non-hydrogen) atoms. The maximum absolute atomic E-state index is 12.5. The van der Waals surface area contributed by atoms with E-state index in [9.17, 15) is 9.59 Å². The van der Waals surface area contributed by atoms with E-state index in [0.29, 0.717) is 28.5 Å². The zero-order valence-corrected chi connectivity index (χ0v) is 15.7. The Balaban J connectivity index is 1.47. The third-order valence-corrected chi connectivity index (χ3v) is 5.33. The van der Waals surface area contributed by atoms with Gasteiger partial charge >= 0.3 is 0 Å². The third-order valence-electron chi connectivity index (χ3n) is 5.10. The first-order chi connectivity index (χ1) is 13.5. The number of hydroxylamine groups is 1. The number of aryl methyl sites for hydroxylation is 1. The Morgan fingerprint density at radius 3 is 2.89 bits per heavy atom. The van der Waals surface area contributed by atoms with E-state index in [1.807, 2.05) is 6.07 Å². The summed E-state index contributed by atoms with van der Waals surface area (Å²) in [7, 11) is 0. The zero-order valence-electron chi connectivity index (χ0n) is 15.0. The van der Waals surface area contributed by atoms with Gasteiger partial charge in [0.2, 0.25) is 0 Å². The van der Waals surface area contributed by atoms with Crippen molar-refractivity contribution in [2.75, 3.05) is 6.54 Å². The van der Waals surface area contributed by atoms with E-state index in [-0.39, 0.29) is 11.8 Å². The minimum Gasteiger partial charge on any atom is -0.350 e. The number of aromatic nitrogens is 2. The molecule has 2 aromatic heterocycles. The molecule has 8 heteroatoms. The molecule has 4 rings (SSSR count). The van der Waals surface area contributed by atoms with Gasteiger partial charge in [-0.2, -0.15) is 0 Å². The largest absolute Gasteiger partial charge is 0.350 e. The van der Waals surface area contributed by atoms with Gasteiger partial charge in [0.25, 0.3) is 11.8 Å². The molecule has 2 amide bonds. The number of imidazole rings is 1. The summed E-state index contributed by atoms with van der Waals surface area (Å²) in [5, 5.41) is 12.3. The van der Waals surface area contributed by atoms with Gasteiger partial charge < -0.3 is 9.72 Å². The SMILES string of the molecule is O=C(NO)c1ccc2c(c1)CCCC2CNC(=O)c1cn2cc(Cl)ccc2n1. The summed E-state index contributed by atoms with van der Waals surface area (Å²) in [6.07, 6.45) is 6.17. The van der Waals surface area contributed by atoms with Gasteiger partial charge in [-0.05, 0) is 54.7 Å². The molecule has 0 fully saturated rings. The number of carbonyl (C=O) groups excluding carboxylic acids is 2. The third kappa shape index (κ3) is 3.58. The Labute approximate surface area is 166 Å². The Morgan fingerprint density at radius 2 is 2.07 bits per heavy atom. The normalized spacial score (nSPS) is 15.9. The van der Waals surface area contributed by atoms with Crippen molar-refractivity contribution in [2.24, 2.45) is 0 Å². The van der Waals surface area contributed by atoms with Crippen LogP contribution in [-0.2, 0) is 6.42 Å². The number of rotatable bonds is 4. The van der Waals surface area contributed by atoms with Crippen molar-refractivity contribution in [1.82, 2.24) is 20.2 Å². The maximum atomic E-state index is 12.5. The summed E-state index contributed by atoms with van der Waals surface area (Å²) in [6.45, 7) is 0.492. The van der Waals surface area contributed by atoms with Crippen molar-refractivity contribution in [1.29, 1.82) is 0 Å². The van der Waals surface area contributed by atoms with Crippen LogP contribution in [0.4, 0.5) is 0 Å². The van der Waals surface area contributed by atoms with Crippen LogP contribution < -0.4 is 10.8 Å². The molecular weight excluding hydrogens is 380 g/mol. The highest BCUT2D eigenvalue weighted by molar-refractivity contribution is 6.30. The predicted molar refractivity (Wildman–Crippen MR) is 104 cm³/mol. The second-order valence-corrected chi connectivity index (χ2v) is 7.33. The van der Waals surface area contributed by atoms with Crippen LogP contribution in [0.15, 0.2) is 42.7 Å². The lowest BCUT2D eigenvalue weighted by atomic mass is 9.82. The molecule has 1 aromatic carbocycles. The highest BCUT2D eigenvalue weighted by atomic mass is 35.5. The summed E-state index contributed by atoms with van der Waals surface area (Å²) >= 11 is 5.97. The van der Waals surface area contributed by atoms with Crippen LogP contribution in [0.25, 0.3) is 5.65 Å². The van der Waals surface area contributed by atoms with E-state index in [1.165, 1.54) is 0 Å². The first-order valence-corrected chi connectivity index (χ1v) is 9.42. The van der Waals surface area contributed by atoms with Gasteiger partial charge in [-0.1, -0.05) is 17.7 Å². The van der Waals surface area contributed by atoms with Crippen molar-refractivity contribution in [3.05, 3.63) is 70.1 Å². The van der Waals surface area contributed by atoms with Crippen molar-refractivity contribution >= 4 is 29.1 Å². The molecule has 144 valence electrons. The number of hydrogen-bond donors (Lipinski definition) is 3. The van der Waals surface area contributed by atoms with Crippen LogP contribution in [0.3, 0.4) is 0 Å². The van der Waals surface area contributed by atoms with E-state index in [0.717, 1.165) is 30.4 Å². The second-order valence-electron chi connectivity index (χ2n) is 6.89. The minimum absolute atomic E-state index is 0.172. The molecule has 3 aromatic rings. The van der Waals surface area contributed by atoms with Gasteiger partial charge in [0.1, 0.15) is 11.3 Å². The van der Waals surface area contributed by atoms with Crippen molar-refractivity contribution in [3.63, 3.8) is 0 Å². The molecule has 1 aliphatic carbocycles. The Bertz CT molecular complexity index is 1060. The number of fused-ring (bicyclic) bond motifs is 2. The number of carbonyl (C=O) groups is 2. The number of benzene rings is 1. The summed E-state index contributed by atoms with van der Waals surface area (Å²) in [6, 6.07) is 8.90. The number of halogens is 1. The fourth-order valence-corrected chi connectivity index (χ4v) is 3.88. The summed E-state index contributed by atoms with van der Waals surface area (Å²) < 4.78 is 1.72. The van der Waals surface area contributed by atoms with Gasteiger partial charge in [0.15, 0.2) is 0 Å². The molecule has 0 saturated heterocycles. The standard InChI is InChI=1S/C20H19ClN4O3/c21-15-5-7-18-23-17(11-25(18)10-15)20(27)22-9-14-3-1-2-12-8-13(19(26)24-28)4-6-16(12)14/h4-8,10-11,14,28H,1-3,9H2,(H,22,27)(H,24,26). The average Bonchev–Trinajstić information content (AvgIpc) is 3.14. The number of nitrogens with one attached hydrogen (secondary N) is 2. The number of pyridine rings is 1. The molecule has 0 aliphatic heterocycles. The first kappa shape index (κ1) is 18.5. The quantitative estimate of drug-likeness (QED) is 0.465. The molecule has 0 bridgehead atoms. The molecule has 1 unspecified atom stereocenters. The molecule has 7 nitrogen and oxygen atoms in total. The molecule has 1 aliphatic rings. The highest BCUT2D eigenvalue weighted by Gasteiger charge is 2.22. The Morgan fingerprint density at radius 1 is 1.21 bits per heavy atom. The first-order valence-electron chi connectivity index (χ1n) is 9.05. The summed E-state index contributed by atoms with van der Waals surface area (Å²) in [4.78, 5) is 28.5. The lowest BCUT2D eigenvalue weighted by Gasteiger charge is -2.26. The van der Waals surface area contributed by atoms with Crippen LogP contribution in [0.2, 0.25) is 5.02 Å². The fourth-order valence-electron chi connectivity index (χ4n) is 3.71. The van der Waals surface area contributed by atoms with E-state index in [4.69, 9.17) is 16.8 Å². The van der Waals surface area contributed by atoms with Crippen LogP contribution in [0, 0.1) is 0 Å². The molecule has 0 spiro atoms. The average molecular weight is 399 g/mol. The van der Waals surface area contributed by atoms with Gasteiger partial charge in [-0.25, -0.2) is 10.5 Å². The van der Waals surface area contributed by atoms with Crippen molar-refractivity contribution in [2.45, 2.75) is 25.2 Å². The van der Waals surface area contributed by atoms with Crippen LogP contribution >= 0.6 is 11.6 Å². The topological polar surface area (TPSA) is 95.7 Å². The van der Waals surface area contributed by atoms with E-state index >= 15 is 0 Å². The molecule has 0 saturated carbocycles. The molecule has 1 atom stereocenters. The molecule has 3 N–H and O–H groups in total. The molecular formula is C20H19ClN4O3. The van der Waals surface area contributed by atoms with Gasteiger partial charge in [-0.3, -0.25) is 14.8 Å². The Hall–Kier alpha value is -2.90. The van der Waals surface area contributed by atoms with Crippen molar-refractivity contribution < 1.29 is 14.8 Å². The lowest BCUT2D eigenvalue weighted by molar-refractivity contribution is 0.0706. The van der Waals surface area contributed by atoms with E-state index < -0.39 is 5.91 Å². The highest BCUT2D eigenvalue weighted by Crippen LogP contribution is 2.31. The lowest BCUT2D eigenvalue weighted by Crippen LogP contribution is -2.30. The maximum Gasteiger partial charge on any atom is 0.274 e. The predicted octanol–water partition coefficient (Wildman–Crippen LogP) is 2.96. The zero-order chi connectivity index (χ0) is 19.7. The Kier molecular flexibility index (Phi) is 5.02. The van der Waals surface area contributed by atoms with E-state index in [2.05, 4.69) is 10.3 Å². The molecule has 0 radical (unpaired) electrons. The summed E-state index contributed by atoms with van der Waals surface area (Å²) in [5.41, 5.74) is 5.29.